The van der Waals surface area contributed by atoms with E-state index in [0.717, 1.165) is 11.0 Å². The molecule has 0 aliphatic rings. The summed E-state index contributed by atoms with van der Waals surface area (Å²) >= 11 is 0. The summed E-state index contributed by atoms with van der Waals surface area (Å²) in [5.41, 5.74) is 0.0378. The summed E-state index contributed by atoms with van der Waals surface area (Å²) < 4.78 is 4.34. The summed E-state index contributed by atoms with van der Waals surface area (Å²) in [5.74, 6) is 0.554. The van der Waals surface area contributed by atoms with Crippen LogP contribution in [0.4, 0.5) is 5.95 Å². The van der Waals surface area contributed by atoms with Crippen LogP contribution in [0.3, 0.4) is 0 Å². The van der Waals surface area contributed by atoms with Crippen molar-refractivity contribution in [2.75, 3.05) is 18.5 Å². The summed E-state index contributed by atoms with van der Waals surface area (Å²) in [7, 11) is 3.08. The first-order valence-electron chi connectivity index (χ1n) is 7.03. The number of fused-ring (bicyclic) bond motifs is 1. The van der Waals surface area contributed by atoms with E-state index in [4.69, 9.17) is 5.11 Å². The van der Waals surface area contributed by atoms with Gasteiger partial charge in [-0.05, 0) is 12.8 Å². The van der Waals surface area contributed by atoms with Crippen LogP contribution >= 0.6 is 0 Å². The number of aromatic nitrogens is 4. The summed E-state index contributed by atoms with van der Waals surface area (Å²) in [6.45, 7) is 3.31. The molecule has 8 heteroatoms. The Morgan fingerprint density at radius 3 is 2.57 bits per heavy atom. The molecule has 2 aromatic heterocycles. The molecule has 2 heterocycles. The van der Waals surface area contributed by atoms with Crippen molar-refractivity contribution in [1.82, 2.24) is 18.7 Å². The van der Waals surface area contributed by atoms with Gasteiger partial charge in [0.1, 0.15) is 0 Å². The monoisotopic (exact) mass is 295 g/mol. The third-order valence-electron chi connectivity index (χ3n) is 3.40. The van der Waals surface area contributed by atoms with E-state index in [2.05, 4.69) is 10.3 Å². The van der Waals surface area contributed by atoms with E-state index in [1.807, 2.05) is 11.5 Å². The van der Waals surface area contributed by atoms with Gasteiger partial charge in [-0.25, -0.2) is 9.78 Å². The van der Waals surface area contributed by atoms with Gasteiger partial charge in [-0.15, -0.1) is 0 Å². The largest absolute Gasteiger partial charge is 0.396 e. The third kappa shape index (κ3) is 2.58. The fourth-order valence-corrected chi connectivity index (χ4v) is 2.34. The number of aryl methyl sites for hydroxylation is 2. The second kappa shape index (κ2) is 6.13. The average Bonchev–Trinajstić information content (AvgIpc) is 2.83. The molecule has 0 atom stereocenters. The molecule has 0 spiro atoms. The maximum absolute atomic E-state index is 12.2. The molecule has 0 aromatic carbocycles. The molecule has 0 unspecified atom stereocenters. The molecule has 0 bridgehead atoms. The predicted octanol–water partition coefficient (Wildman–Crippen LogP) is -0.362. The number of hydrogen-bond donors (Lipinski definition) is 2. The fourth-order valence-electron chi connectivity index (χ4n) is 2.34. The predicted molar refractivity (Wildman–Crippen MR) is 80.7 cm³/mol. The lowest BCUT2D eigenvalue weighted by molar-refractivity contribution is 0.292. The second-order valence-corrected chi connectivity index (χ2v) is 4.97. The first-order valence-corrected chi connectivity index (χ1v) is 7.03. The molecule has 0 radical (unpaired) electrons. The van der Waals surface area contributed by atoms with Gasteiger partial charge in [-0.1, -0.05) is 6.92 Å². The molecule has 2 aromatic rings. The maximum atomic E-state index is 12.2. The van der Waals surface area contributed by atoms with Gasteiger partial charge in [0.05, 0.1) is 0 Å². The lowest BCUT2D eigenvalue weighted by Gasteiger charge is -2.11. The number of aliphatic hydroxyl groups is 1. The van der Waals surface area contributed by atoms with Crippen LogP contribution in [-0.2, 0) is 20.6 Å². The smallest absolute Gasteiger partial charge is 0.332 e. The van der Waals surface area contributed by atoms with Crippen LogP contribution in [-0.4, -0.2) is 36.9 Å². The maximum Gasteiger partial charge on any atom is 0.332 e. The van der Waals surface area contributed by atoms with Crippen LogP contribution in [0.5, 0.6) is 0 Å². The Bertz CT molecular complexity index is 756. The minimum atomic E-state index is -0.395. The van der Waals surface area contributed by atoms with E-state index >= 15 is 0 Å². The van der Waals surface area contributed by atoms with Gasteiger partial charge in [0.25, 0.3) is 5.56 Å². The number of anilines is 1. The lowest BCUT2D eigenvalue weighted by atomic mass is 10.4. The van der Waals surface area contributed by atoms with E-state index < -0.39 is 5.56 Å². The highest BCUT2D eigenvalue weighted by Crippen LogP contribution is 2.16. The second-order valence-electron chi connectivity index (χ2n) is 4.97. The summed E-state index contributed by atoms with van der Waals surface area (Å²) in [6, 6.07) is 0. The Balaban J connectivity index is 2.68. The molecule has 0 saturated carbocycles. The van der Waals surface area contributed by atoms with Gasteiger partial charge in [0.2, 0.25) is 5.95 Å². The zero-order valence-electron chi connectivity index (χ0n) is 12.6. The Labute approximate surface area is 121 Å². The molecule has 0 fully saturated rings. The van der Waals surface area contributed by atoms with Crippen molar-refractivity contribution in [3.63, 3.8) is 0 Å². The first-order chi connectivity index (χ1) is 10.0. The topological polar surface area (TPSA) is 94.1 Å². The third-order valence-corrected chi connectivity index (χ3v) is 3.40. The van der Waals surface area contributed by atoms with Crippen LogP contribution < -0.4 is 16.6 Å². The van der Waals surface area contributed by atoms with Crippen molar-refractivity contribution >= 4 is 17.1 Å². The van der Waals surface area contributed by atoms with Crippen molar-refractivity contribution in [3.05, 3.63) is 20.8 Å². The van der Waals surface area contributed by atoms with Crippen LogP contribution in [0, 0.1) is 0 Å². The van der Waals surface area contributed by atoms with Crippen LogP contribution in [0.15, 0.2) is 9.59 Å². The number of imidazole rings is 1. The first kappa shape index (κ1) is 15.3. The molecule has 21 heavy (non-hydrogen) atoms. The van der Waals surface area contributed by atoms with Gasteiger partial charge < -0.3 is 10.4 Å². The molecule has 0 amide bonds. The quantitative estimate of drug-likeness (QED) is 0.710. The normalized spacial score (nSPS) is 11.2. The Morgan fingerprint density at radius 2 is 1.95 bits per heavy atom. The van der Waals surface area contributed by atoms with Gasteiger partial charge in [0, 0.05) is 33.8 Å². The van der Waals surface area contributed by atoms with Crippen LogP contribution in [0.1, 0.15) is 19.8 Å². The van der Waals surface area contributed by atoms with Gasteiger partial charge >= 0.3 is 5.69 Å². The summed E-state index contributed by atoms with van der Waals surface area (Å²) in [4.78, 5) is 28.6. The van der Waals surface area contributed by atoms with Crippen molar-refractivity contribution in [2.24, 2.45) is 14.1 Å². The molecule has 116 valence electrons. The number of nitrogens with zero attached hydrogens (tertiary/aromatic N) is 4. The number of rotatable bonds is 6. The summed E-state index contributed by atoms with van der Waals surface area (Å²) in [6.07, 6.45) is 1.44. The molecular weight excluding hydrogens is 274 g/mol. The van der Waals surface area contributed by atoms with E-state index in [1.165, 1.54) is 11.6 Å². The minimum absolute atomic E-state index is 0.0846. The fraction of sp³-hybridized carbons (Fsp3) is 0.615. The number of aliphatic hydroxyl groups excluding tert-OH is 1. The molecule has 8 nitrogen and oxygen atoms in total. The molecule has 0 aliphatic carbocycles. The SMILES string of the molecule is CCCn1c(NCCCO)nc2c(=O)n(C)c(=O)n(C)c21. The lowest BCUT2D eigenvalue weighted by Crippen LogP contribution is -2.37. The van der Waals surface area contributed by atoms with E-state index in [0.29, 0.717) is 31.1 Å². The molecule has 2 N–H and O–H groups in total. The Hall–Kier alpha value is -2.09. The minimum Gasteiger partial charge on any atom is -0.396 e. The summed E-state index contributed by atoms with van der Waals surface area (Å²) in [5, 5.41) is 12.0. The zero-order valence-corrected chi connectivity index (χ0v) is 12.6. The highest BCUT2D eigenvalue weighted by atomic mass is 16.3. The van der Waals surface area contributed by atoms with E-state index in [9.17, 15) is 9.59 Å². The van der Waals surface area contributed by atoms with E-state index in [1.54, 1.807) is 7.05 Å². The van der Waals surface area contributed by atoms with E-state index in [-0.39, 0.29) is 17.8 Å². The van der Waals surface area contributed by atoms with Crippen LogP contribution in [0.2, 0.25) is 0 Å². The molecule has 2 rings (SSSR count). The van der Waals surface area contributed by atoms with Crippen molar-refractivity contribution in [1.29, 1.82) is 0 Å². The highest BCUT2D eigenvalue weighted by molar-refractivity contribution is 5.74. The average molecular weight is 295 g/mol. The van der Waals surface area contributed by atoms with Crippen molar-refractivity contribution in [3.8, 4) is 0 Å². The van der Waals surface area contributed by atoms with Crippen LogP contribution in [0.25, 0.3) is 11.2 Å². The molecular formula is C13H21N5O3. The molecule has 0 aliphatic heterocycles. The number of nitrogens with one attached hydrogen (secondary N) is 1. The highest BCUT2D eigenvalue weighted by Gasteiger charge is 2.18. The standard InChI is InChI=1S/C13H21N5O3/c1-4-7-18-10-9(15-12(18)14-6-5-8-19)11(20)17(3)13(21)16(10)2/h19H,4-8H2,1-3H3,(H,14,15). The Kier molecular flexibility index (Phi) is 4.46. The van der Waals surface area contributed by atoms with Gasteiger partial charge in [-0.2, -0.15) is 0 Å². The van der Waals surface area contributed by atoms with Crippen molar-refractivity contribution < 1.29 is 5.11 Å². The number of hydrogen-bond acceptors (Lipinski definition) is 5. The van der Waals surface area contributed by atoms with Crippen molar-refractivity contribution in [2.45, 2.75) is 26.3 Å². The molecule has 0 saturated heterocycles. The zero-order chi connectivity index (χ0) is 15.6. The Morgan fingerprint density at radius 1 is 1.24 bits per heavy atom. The van der Waals surface area contributed by atoms with Gasteiger partial charge in [0.15, 0.2) is 11.2 Å². The van der Waals surface area contributed by atoms with Gasteiger partial charge in [-0.3, -0.25) is 18.5 Å².